The first-order chi connectivity index (χ1) is 9.49. The van der Waals surface area contributed by atoms with Crippen LogP contribution >= 0.6 is 15.9 Å². The number of halogens is 1. The van der Waals surface area contributed by atoms with Crippen molar-refractivity contribution in [3.05, 3.63) is 46.2 Å². The topological polar surface area (TPSA) is 77.0 Å². The van der Waals surface area contributed by atoms with Gasteiger partial charge in [-0.25, -0.2) is 0 Å². The zero-order chi connectivity index (χ0) is 14.7. The molecule has 1 aromatic carbocycles. The number of likely N-dealkylation sites (N-methyl/N-ethyl adjacent to an activating group) is 1. The summed E-state index contributed by atoms with van der Waals surface area (Å²) in [6.45, 7) is 0.531. The molecule has 7 heteroatoms. The second-order valence-corrected chi connectivity index (χ2v) is 5.54. The Kier molecular flexibility index (Phi) is 4.51. The Bertz CT molecular complexity index is 612. The van der Waals surface area contributed by atoms with Gasteiger partial charge in [0, 0.05) is 18.1 Å². The molecular weight excluding hydrogens is 322 g/mol. The van der Waals surface area contributed by atoms with E-state index in [1.807, 2.05) is 43.3 Å². The van der Waals surface area contributed by atoms with Crippen LogP contribution in [0.1, 0.15) is 17.3 Å². The van der Waals surface area contributed by atoms with Crippen molar-refractivity contribution < 1.29 is 4.79 Å². The molecule has 2 N–H and O–H groups in total. The fourth-order valence-corrected chi connectivity index (χ4v) is 2.53. The molecule has 2 rings (SSSR count). The number of aromatic nitrogens is 3. The standard InChI is InChI=1S/C13H16BrN5O/c1-18(8-11-7-16-17-19(11)2)12(13(15)20)9-4-3-5-10(14)6-9/h3-7,12H,8H2,1-2H3,(H2,15,20). The molecule has 0 radical (unpaired) electrons. The van der Waals surface area contributed by atoms with Gasteiger partial charge < -0.3 is 5.73 Å². The molecule has 0 saturated carbocycles. The van der Waals surface area contributed by atoms with E-state index in [2.05, 4.69) is 26.2 Å². The van der Waals surface area contributed by atoms with E-state index in [1.54, 1.807) is 10.9 Å². The third-order valence-electron chi connectivity index (χ3n) is 3.09. The number of hydrogen-bond donors (Lipinski definition) is 1. The minimum atomic E-state index is -0.498. The molecule has 20 heavy (non-hydrogen) atoms. The van der Waals surface area contributed by atoms with E-state index in [0.717, 1.165) is 15.7 Å². The van der Waals surface area contributed by atoms with Crippen molar-refractivity contribution in [2.24, 2.45) is 12.8 Å². The lowest BCUT2D eigenvalue weighted by atomic mass is 10.1. The summed E-state index contributed by atoms with van der Waals surface area (Å²) in [4.78, 5) is 13.7. The number of primary amides is 1. The van der Waals surface area contributed by atoms with Gasteiger partial charge in [-0.05, 0) is 24.7 Å². The maximum absolute atomic E-state index is 11.8. The van der Waals surface area contributed by atoms with Gasteiger partial charge >= 0.3 is 0 Å². The number of carbonyl (C=O) groups is 1. The predicted octanol–water partition coefficient (Wildman–Crippen LogP) is 1.24. The van der Waals surface area contributed by atoms with Crippen LogP contribution in [0.2, 0.25) is 0 Å². The zero-order valence-electron chi connectivity index (χ0n) is 11.3. The molecule has 1 amide bonds. The maximum Gasteiger partial charge on any atom is 0.239 e. The third kappa shape index (κ3) is 3.23. The van der Waals surface area contributed by atoms with Crippen LogP contribution in [0.5, 0.6) is 0 Å². The van der Waals surface area contributed by atoms with Crippen molar-refractivity contribution in [1.29, 1.82) is 0 Å². The van der Waals surface area contributed by atoms with Gasteiger partial charge in [0.05, 0.1) is 11.9 Å². The fraction of sp³-hybridized carbons (Fsp3) is 0.308. The second kappa shape index (κ2) is 6.15. The van der Waals surface area contributed by atoms with Gasteiger partial charge in [-0.2, -0.15) is 0 Å². The third-order valence-corrected chi connectivity index (χ3v) is 3.59. The molecular formula is C13H16BrN5O. The molecule has 0 aliphatic carbocycles. The largest absolute Gasteiger partial charge is 0.368 e. The number of hydrogen-bond acceptors (Lipinski definition) is 4. The predicted molar refractivity (Wildman–Crippen MR) is 78.5 cm³/mol. The summed E-state index contributed by atoms with van der Waals surface area (Å²) in [7, 11) is 3.66. The van der Waals surface area contributed by atoms with Crippen LogP contribution in [0.15, 0.2) is 34.9 Å². The van der Waals surface area contributed by atoms with Crippen LogP contribution in [0.25, 0.3) is 0 Å². The van der Waals surface area contributed by atoms with Gasteiger partial charge in [0.1, 0.15) is 6.04 Å². The van der Waals surface area contributed by atoms with Crippen molar-refractivity contribution in [3.8, 4) is 0 Å². The lowest BCUT2D eigenvalue weighted by Gasteiger charge is -2.25. The van der Waals surface area contributed by atoms with Gasteiger partial charge in [0.15, 0.2) is 0 Å². The summed E-state index contributed by atoms with van der Waals surface area (Å²) < 4.78 is 2.59. The summed E-state index contributed by atoms with van der Waals surface area (Å²) in [6, 6.07) is 7.08. The second-order valence-electron chi connectivity index (χ2n) is 4.62. The van der Waals surface area contributed by atoms with E-state index in [-0.39, 0.29) is 5.91 Å². The Morgan fingerprint density at radius 3 is 2.85 bits per heavy atom. The average Bonchev–Trinajstić information content (AvgIpc) is 2.74. The highest BCUT2D eigenvalue weighted by molar-refractivity contribution is 9.10. The molecule has 106 valence electrons. The molecule has 1 aromatic heterocycles. The van der Waals surface area contributed by atoms with Gasteiger partial charge in [0.25, 0.3) is 0 Å². The highest BCUT2D eigenvalue weighted by atomic mass is 79.9. The summed E-state index contributed by atoms with van der Waals surface area (Å²) in [6.07, 6.45) is 1.68. The van der Waals surface area contributed by atoms with Crippen LogP contribution in [-0.4, -0.2) is 32.8 Å². The quantitative estimate of drug-likeness (QED) is 0.890. The van der Waals surface area contributed by atoms with E-state index < -0.39 is 6.04 Å². The van der Waals surface area contributed by atoms with Gasteiger partial charge in [0.2, 0.25) is 5.91 Å². The van der Waals surface area contributed by atoms with Gasteiger partial charge in [-0.15, -0.1) is 5.10 Å². The molecule has 6 nitrogen and oxygen atoms in total. The lowest BCUT2D eigenvalue weighted by molar-refractivity contribution is -0.123. The smallest absolute Gasteiger partial charge is 0.239 e. The monoisotopic (exact) mass is 337 g/mol. The molecule has 0 saturated heterocycles. The first-order valence-corrected chi connectivity index (χ1v) is 6.87. The molecule has 0 aliphatic heterocycles. The van der Waals surface area contributed by atoms with E-state index in [1.165, 1.54) is 0 Å². The molecule has 0 aliphatic rings. The van der Waals surface area contributed by atoms with Gasteiger partial charge in [-0.1, -0.05) is 33.3 Å². The molecule has 2 aromatic rings. The zero-order valence-corrected chi connectivity index (χ0v) is 12.9. The number of aryl methyl sites for hydroxylation is 1. The van der Waals surface area contributed by atoms with Crippen LogP contribution in [-0.2, 0) is 18.4 Å². The van der Waals surface area contributed by atoms with Crippen LogP contribution in [0, 0.1) is 0 Å². The summed E-state index contributed by atoms with van der Waals surface area (Å²) in [5.74, 6) is -0.388. The lowest BCUT2D eigenvalue weighted by Crippen LogP contribution is -2.35. The van der Waals surface area contributed by atoms with E-state index in [0.29, 0.717) is 6.54 Å². The van der Waals surface area contributed by atoms with Crippen LogP contribution in [0.3, 0.4) is 0 Å². The number of rotatable bonds is 5. The van der Waals surface area contributed by atoms with E-state index >= 15 is 0 Å². The molecule has 0 fully saturated rings. The summed E-state index contributed by atoms with van der Waals surface area (Å²) in [5.41, 5.74) is 7.32. The number of carbonyl (C=O) groups excluding carboxylic acids is 1. The van der Waals surface area contributed by atoms with Crippen molar-refractivity contribution in [3.63, 3.8) is 0 Å². The Morgan fingerprint density at radius 1 is 1.55 bits per heavy atom. The van der Waals surface area contributed by atoms with Crippen molar-refractivity contribution in [2.45, 2.75) is 12.6 Å². The SMILES string of the molecule is CN(Cc1cnnn1C)C(C(N)=O)c1cccc(Br)c1. The Balaban J connectivity index is 2.25. The van der Waals surface area contributed by atoms with Crippen LogP contribution in [0.4, 0.5) is 0 Å². The normalized spacial score (nSPS) is 12.6. The van der Waals surface area contributed by atoms with Crippen LogP contribution < -0.4 is 5.73 Å². The van der Waals surface area contributed by atoms with E-state index in [9.17, 15) is 4.79 Å². The molecule has 1 heterocycles. The number of benzene rings is 1. The first-order valence-electron chi connectivity index (χ1n) is 6.07. The minimum Gasteiger partial charge on any atom is -0.368 e. The number of nitrogens with two attached hydrogens (primary N) is 1. The number of amides is 1. The molecule has 1 atom stereocenters. The highest BCUT2D eigenvalue weighted by Crippen LogP contribution is 2.23. The van der Waals surface area contributed by atoms with Crippen molar-refractivity contribution >= 4 is 21.8 Å². The summed E-state index contributed by atoms with van der Waals surface area (Å²) >= 11 is 3.41. The van der Waals surface area contributed by atoms with Crippen molar-refractivity contribution in [1.82, 2.24) is 19.9 Å². The Morgan fingerprint density at radius 2 is 2.30 bits per heavy atom. The highest BCUT2D eigenvalue weighted by Gasteiger charge is 2.23. The molecule has 0 bridgehead atoms. The van der Waals surface area contributed by atoms with E-state index in [4.69, 9.17) is 5.73 Å². The Hall–Kier alpha value is -1.73. The molecule has 1 unspecified atom stereocenters. The van der Waals surface area contributed by atoms with Crippen molar-refractivity contribution in [2.75, 3.05) is 7.05 Å². The number of nitrogens with zero attached hydrogens (tertiary/aromatic N) is 4. The maximum atomic E-state index is 11.8. The molecule has 0 spiro atoms. The first kappa shape index (κ1) is 14.7. The summed E-state index contributed by atoms with van der Waals surface area (Å²) in [5, 5.41) is 7.71. The average molecular weight is 338 g/mol. The fourth-order valence-electron chi connectivity index (χ4n) is 2.11. The minimum absolute atomic E-state index is 0.388. The Labute approximate surface area is 125 Å². The van der Waals surface area contributed by atoms with Gasteiger partial charge in [-0.3, -0.25) is 14.4 Å².